The van der Waals surface area contributed by atoms with Crippen molar-refractivity contribution in [1.29, 1.82) is 10.5 Å². The maximum Gasteiger partial charge on any atom is 0.261 e. The van der Waals surface area contributed by atoms with Crippen LogP contribution in [0.2, 0.25) is 0 Å². The summed E-state index contributed by atoms with van der Waals surface area (Å²) in [6, 6.07) is 25.2. The van der Waals surface area contributed by atoms with Gasteiger partial charge in [0.15, 0.2) is 0 Å². The second-order valence-electron chi connectivity index (χ2n) is 13.3. The first-order valence-electron chi connectivity index (χ1n) is 19.8. The van der Waals surface area contributed by atoms with E-state index in [-0.39, 0.29) is 11.8 Å². The minimum atomic E-state index is -0.247. The molecule has 14 heteroatoms. The van der Waals surface area contributed by atoms with Crippen LogP contribution in [0.4, 0.5) is 34.9 Å². The molecule has 0 fully saturated rings. The molecule has 302 valence electrons. The summed E-state index contributed by atoms with van der Waals surface area (Å²) in [7, 11) is 0. The number of hydrogen-bond acceptors (Lipinski definition) is 13. The fourth-order valence-corrected chi connectivity index (χ4v) is 5.61. The van der Waals surface area contributed by atoms with E-state index < -0.39 is 0 Å². The first-order chi connectivity index (χ1) is 29.4. The zero-order valence-corrected chi connectivity index (χ0v) is 33.7. The second kappa shape index (κ2) is 22.8. The molecule has 0 bridgehead atoms. The molecule has 0 saturated heterocycles. The molecule has 1 aliphatic rings. The molecule has 3 heterocycles. The van der Waals surface area contributed by atoms with E-state index in [1.165, 1.54) is 4.90 Å². The Morgan fingerprint density at radius 1 is 0.650 bits per heavy atom. The summed E-state index contributed by atoms with van der Waals surface area (Å²) >= 11 is 0. The number of nitrogens with two attached hydrogens (primary N) is 1. The van der Waals surface area contributed by atoms with Crippen LogP contribution >= 0.6 is 0 Å². The van der Waals surface area contributed by atoms with Crippen molar-refractivity contribution < 1.29 is 9.59 Å². The molecular weight excluding hydrogens is 753 g/mol. The molecule has 6 N–H and O–H groups in total. The first kappa shape index (κ1) is 43.3. The Morgan fingerprint density at radius 2 is 1.10 bits per heavy atom. The number of aromatic nitrogens is 4. The lowest BCUT2D eigenvalue weighted by Gasteiger charge is -2.12. The zero-order valence-electron chi connectivity index (χ0n) is 33.7. The van der Waals surface area contributed by atoms with Crippen molar-refractivity contribution >= 4 is 46.7 Å². The number of nitrogens with zero attached hydrogens (tertiary/aromatic N) is 7. The van der Waals surface area contributed by atoms with Gasteiger partial charge in [-0.3, -0.25) is 14.5 Å². The normalized spacial score (nSPS) is 11.0. The van der Waals surface area contributed by atoms with Gasteiger partial charge in [-0.1, -0.05) is 49.7 Å². The molecule has 0 saturated carbocycles. The van der Waals surface area contributed by atoms with Crippen molar-refractivity contribution in [2.24, 2.45) is 5.73 Å². The molecule has 0 aliphatic carbocycles. The average molecular weight is 799 g/mol. The Morgan fingerprint density at radius 3 is 1.52 bits per heavy atom. The summed E-state index contributed by atoms with van der Waals surface area (Å²) in [6.07, 6.45) is 8.03. The van der Waals surface area contributed by atoms with Crippen LogP contribution in [0.5, 0.6) is 0 Å². The number of fused-ring (bicyclic) bond motifs is 1. The highest BCUT2D eigenvalue weighted by molar-refractivity contribution is 6.21. The first-order valence-corrected chi connectivity index (χ1v) is 19.8. The summed E-state index contributed by atoms with van der Waals surface area (Å²) in [4.78, 5) is 44.0. The monoisotopic (exact) mass is 798 g/mol. The topological polar surface area (TPSA) is 211 Å². The number of rotatable bonds is 15. The van der Waals surface area contributed by atoms with Crippen molar-refractivity contribution in [3.05, 3.63) is 119 Å². The number of hydrogen-bond donors (Lipinski definition) is 5. The minimum absolute atomic E-state index is 0.247. The van der Waals surface area contributed by atoms with Gasteiger partial charge in [0.05, 0.1) is 57.9 Å². The van der Waals surface area contributed by atoms with Crippen LogP contribution in [0.3, 0.4) is 0 Å². The number of imide groups is 1. The van der Waals surface area contributed by atoms with Crippen molar-refractivity contribution in [3.8, 4) is 35.8 Å². The molecule has 6 rings (SSSR count). The Labute approximate surface area is 350 Å². The highest BCUT2D eigenvalue weighted by Crippen LogP contribution is 2.23. The third-order valence-electron chi connectivity index (χ3n) is 8.72. The van der Waals surface area contributed by atoms with Crippen molar-refractivity contribution in [2.45, 2.75) is 52.4 Å². The van der Waals surface area contributed by atoms with Gasteiger partial charge in [0.2, 0.25) is 11.9 Å². The van der Waals surface area contributed by atoms with E-state index in [1.54, 1.807) is 73.1 Å². The lowest BCUT2D eigenvalue weighted by Crippen LogP contribution is -2.30. The third-order valence-corrected chi connectivity index (χ3v) is 8.72. The van der Waals surface area contributed by atoms with Crippen molar-refractivity contribution in [2.75, 3.05) is 47.4 Å². The fraction of sp³-hybridized carbons (Fsp3) is 0.261. The van der Waals surface area contributed by atoms with Gasteiger partial charge in [-0.25, -0.2) is 9.97 Å². The number of anilines is 6. The van der Waals surface area contributed by atoms with Crippen LogP contribution < -0.4 is 27.0 Å². The Balaban J connectivity index is 0.000000241. The number of carbonyl (C=O) groups is 2. The standard InChI is InChI=1S/C27H24N6O2.C19H22N6/c1-2-15-29-24-20(18-30-27(32-24)31-21-13-11-19(17-28)12-14-21)8-4-3-7-16-33-25(34)22-9-5-6-10-23(22)26(33)35;1-2-12-22-18-16(6-4-3-5-11-20)14-23-19(25-18)24-17-9-7-15(13-21)8-10-17/h5-6,9-14,18H,2-3,7,15-16H2,1H3,(H2,29,30,31,32);7-10,14H,2-3,5,11-12,20H2,1H3,(H2,22,23,24,25). The summed E-state index contributed by atoms with van der Waals surface area (Å²) in [5, 5.41) is 30.6. The van der Waals surface area contributed by atoms with Gasteiger partial charge in [-0.05, 0) is 92.9 Å². The van der Waals surface area contributed by atoms with E-state index in [2.05, 4.69) is 90.9 Å². The predicted octanol–water partition coefficient (Wildman–Crippen LogP) is 7.35. The SMILES string of the molecule is CCCNc1nc(Nc2ccc(C#N)cc2)ncc1C#CCCCN.CCCNc1nc(Nc2ccc(C#N)cc2)ncc1C#CCCCN1C(=O)c2ccccc2C1=O. The predicted molar refractivity (Wildman–Crippen MR) is 234 cm³/mol. The van der Waals surface area contributed by atoms with Gasteiger partial charge in [-0.2, -0.15) is 20.5 Å². The Kier molecular flexibility index (Phi) is 16.5. The van der Waals surface area contributed by atoms with Gasteiger partial charge in [0, 0.05) is 43.9 Å². The van der Waals surface area contributed by atoms with Crippen molar-refractivity contribution in [3.63, 3.8) is 0 Å². The summed E-state index contributed by atoms with van der Waals surface area (Å²) in [6.45, 7) is 6.67. The second-order valence-corrected chi connectivity index (χ2v) is 13.3. The third kappa shape index (κ3) is 12.4. The highest BCUT2D eigenvalue weighted by atomic mass is 16.2. The van der Waals surface area contributed by atoms with Gasteiger partial charge < -0.3 is 27.0 Å². The van der Waals surface area contributed by atoms with E-state index in [9.17, 15) is 9.59 Å². The summed E-state index contributed by atoms with van der Waals surface area (Å²) < 4.78 is 0. The quantitative estimate of drug-likeness (QED) is 0.0399. The molecular formula is C46H46N12O2. The van der Waals surface area contributed by atoms with E-state index in [1.807, 2.05) is 12.1 Å². The maximum atomic E-state index is 12.5. The minimum Gasteiger partial charge on any atom is -0.369 e. The summed E-state index contributed by atoms with van der Waals surface area (Å²) in [5.74, 6) is 14.2. The van der Waals surface area contributed by atoms with Crippen molar-refractivity contribution in [1.82, 2.24) is 24.8 Å². The van der Waals surface area contributed by atoms with E-state index >= 15 is 0 Å². The number of unbranched alkanes of at least 4 members (excludes halogenated alkanes) is 2. The summed E-state index contributed by atoms with van der Waals surface area (Å²) in [5.41, 5.74) is 10.6. The molecule has 3 aromatic carbocycles. The Bertz CT molecular complexity index is 2430. The Hall–Kier alpha value is -7.78. The number of amides is 2. The molecule has 0 spiro atoms. The molecule has 1 aliphatic heterocycles. The average Bonchev–Trinajstić information content (AvgIpc) is 3.52. The van der Waals surface area contributed by atoms with Crippen LogP contribution in [-0.4, -0.2) is 62.8 Å². The van der Waals surface area contributed by atoms with Gasteiger partial charge in [0.1, 0.15) is 11.6 Å². The van der Waals surface area contributed by atoms with Crippen LogP contribution in [0.15, 0.2) is 85.2 Å². The molecule has 0 unspecified atom stereocenters. The number of benzene rings is 3. The molecule has 2 aromatic heterocycles. The molecule has 5 aromatic rings. The van der Waals surface area contributed by atoms with Gasteiger partial charge >= 0.3 is 0 Å². The number of carbonyl (C=O) groups excluding carboxylic acids is 2. The van der Waals surface area contributed by atoms with Gasteiger partial charge in [0.25, 0.3) is 11.8 Å². The van der Waals surface area contributed by atoms with E-state index in [0.717, 1.165) is 55.7 Å². The maximum absolute atomic E-state index is 12.5. The van der Waals surface area contributed by atoms with E-state index in [0.29, 0.717) is 77.3 Å². The molecule has 60 heavy (non-hydrogen) atoms. The van der Waals surface area contributed by atoms with Crippen LogP contribution in [0.1, 0.15) is 95.3 Å². The smallest absolute Gasteiger partial charge is 0.261 e. The largest absolute Gasteiger partial charge is 0.369 e. The zero-order chi connectivity index (χ0) is 42.5. The molecule has 0 radical (unpaired) electrons. The fourth-order valence-electron chi connectivity index (χ4n) is 5.61. The number of nitrogens with one attached hydrogen (secondary N) is 4. The number of nitriles is 2. The molecule has 2 amide bonds. The highest BCUT2D eigenvalue weighted by Gasteiger charge is 2.34. The molecule has 0 atom stereocenters. The van der Waals surface area contributed by atoms with Crippen LogP contribution in [0, 0.1) is 46.3 Å². The lowest BCUT2D eigenvalue weighted by atomic mass is 10.1. The van der Waals surface area contributed by atoms with E-state index in [4.69, 9.17) is 16.3 Å². The lowest BCUT2D eigenvalue weighted by molar-refractivity contribution is 0.0653. The molecule has 14 nitrogen and oxygen atoms in total. The van der Waals surface area contributed by atoms with Crippen LogP contribution in [0.25, 0.3) is 0 Å². The van der Waals surface area contributed by atoms with Crippen LogP contribution in [-0.2, 0) is 0 Å². The van der Waals surface area contributed by atoms with Gasteiger partial charge in [-0.15, -0.1) is 0 Å².